The van der Waals surface area contributed by atoms with Gasteiger partial charge in [-0.2, -0.15) is 0 Å². The van der Waals surface area contributed by atoms with E-state index in [9.17, 15) is 9.59 Å². The summed E-state index contributed by atoms with van der Waals surface area (Å²) in [5.74, 6) is 0.448. The first-order valence-electron chi connectivity index (χ1n) is 11.8. The molecule has 5 nitrogen and oxygen atoms in total. The molecule has 2 aliphatic heterocycles. The maximum absolute atomic E-state index is 13.5. The fourth-order valence-electron chi connectivity index (χ4n) is 5.11. The minimum Gasteiger partial charge on any atom is -0.342 e. The summed E-state index contributed by atoms with van der Waals surface area (Å²) in [7, 11) is 0. The van der Waals surface area contributed by atoms with E-state index >= 15 is 0 Å². The topological polar surface area (TPSA) is 45.6 Å². The molecule has 0 bridgehead atoms. The minimum atomic E-state index is 0.0630. The molecule has 3 heterocycles. The van der Waals surface area contributed by atoms with Gasteiger partial charge >= 0.3 is 0 Å². The molecular weight excluding hydrogens is 386 g/mol. The molecular formula is C26H35N3O2. The zero-order valence-electron chi connectivity index (χ0n) is 19.2. The van der Waals surface area contributed by atoms with Crippen molar-refractivity contribution in [2.75, 3.05) is 26.2 Å². The summed E-state index contributed by atoms with van der Waals surface area (Å²) in [4.78, 5) is 30.6. The van der Waals surface area contributed by atoms with E-state index in [2.05, 4.69) is 47.6 Å². The quantitative estimate of drug-likeness (QED) is 0.724. The van der Waals surface area contributed by atoms with Gasteiger partial charge in [0, 0.05) is 43.5 Å². The van der Waals surface area contributed by atoms with E-state index in [1.807, 2.05) is 17.9 Å². The second kappa shape index (κ2) is 9.29. The number of piperidine rings is 1. The van der Waals surface area contributed by atoms with Crippen molar-refractivity contribution in [3.05, 3.63) is 52.8 Å². The van der Waals surface area contributed by atoms with E-state index in [-0.39, 0.29) is 11.8 Å². The van der Waals surface area contributed by atoms with E-state index in [1.54, 1.807) is 0 Å². The summed E-state index contributed by atoms with van der Waals surface area (Å²) >= 11 is 0. The second-order valence-electron chi connectivity index (χ2n) is 9.28. The Morgan fingerprint density at radius 1 is 0.774 bits per heavy atom. The Bertz CT molecular complexity index is 926. The minimum absolute atomic E-state index is 0.0630. The third kappa shape index (κ3) is 4.56. The van der Waals surface area contributed by atoms with Crippen LogP contribution in [0.25, 0.3) is 5.69 Å². The van der Waals surface area contributed by atoms with E-state index in [1.165, 1.54) is 12.8 Å². The number of rotatable bonds is 3. The highest BCUT2D eigenvalue weighted by atomic mass is 16.2. The molecule has 1 aromatic heterocycles. The molecule has 0 saturated carbocycles. The molecule has 0 aliphatic carbocycles. The Morgan fingerprint density at radius 2 is 1.39 bits per heavy atom. The monoisotopic (exact) mass is 421 g/mol. The van der Waals surface area contributed by atoms with E-state index < -0.39 is 0 Å². The fourth-order valence-corrected chi connectivity index (χ4v) is 5.11. The zero-order valence-corrected chi connectivity index (χ0v) is 19.2. The van der Waals surface area contributed by atoms with Crippen molar-refractivity contribution in [1.82, 2.24) is 14.4 Å². The number of aryl methyl sites for hydroxylation is 3. The first-order chi connectivity index (χ1) is 15.0. The number of hydrogen-bond acceptors (Lipinski definition) is 2. The average molecular weight is 422 g/mol. The van der Waals surface area contributed by atoms with Crippen LogP contribution >= 0.6 is 0 Å². The maximum atomic E-state index is 13.5. The van der Waals surface area contributed by atoms with Gasteiger partial charge in [-0.05, 0) is 70.7 Å². The molecule has 0 spiro atoms. The first kappa shape index (κ1) is 21.7. The summed E-state index contributed by atoms with van der Waals surface area (Å²) in [5, 5.41) is 0. The van der Waals surface area contributed by atoms with Crippen LogP contribution in [0.3, 0.4) is 0 Å². The predicted octanol–water partition coefficient (Wildman–Crippen LogP) is 4.66. The lowest BCUT2D eigenvalue weighted by molar-refractivity contribution is -0.136. The average Bonchev–Trinajstić information content (AvgIpc) is 2.97. The Balaban J connectivity index is 1.48. The van der Waals surface area contributed by atoms with Gasteiger partial charge in [-0.3, -0.25) is 9.59 Å². The third-order valence-electron chi connectivity index (χ3n) is 6.94. The molecule has 31 heavy (non-hydrogen) atoms. The molecule has 1 aromatic carbocycles. The van der Waals surface area contributed by atoms with Crippen molar-refractivity contribution in [1.29, 1.82) is 0 Å². The van der Waals surface area contributed by atoms with Crippen LogP contribution < -0.4 is 0 Å². The number of likely N-dealkylation sites (tertiary alicyclic amines) is 2. The number of amides is 2. The Kier molecular flexibility index (Phi) is 6.49. The Hall–Kier alpha value is -2.56. The van der Waals surface area contributed by atoms with Crippen LogP contribution in [-0.2, 0) is 4.79 Å². The van der Waals surface area contributed by atoms with Crippen molar-refractivity contribution < 1.29 is 9.59 Å². The molecule has 2 aliphatic rings. The Morgan fingerprint density at radius 3 is 2.00 bits per heavy atom. The van der Waals surface area contributed by atoms with Crippen LogP contribution in [0.5, 0.6) is 0 Å². The number of nitrogens with zero attached hydrogens (tertiary/aromatic N) is 3. The largest absolute Gasteiger partial charge is 0.342 e. The van der Waals surface area contributed by atoms with Crippen LogP contribution in [0.2, 0.25) is 0 Å². The van der Waals surface area contributed by atoms with Gasteiger partial charge in [0.1, 0.15) is 0 Å². The van der Waals surface area contributed by atoms with Gasteiger partial charge in [-0.1, -0.05) is 24.5 Å². The van der Waals surface area contributed by atoms with Crippen molar-refractivity contribution in [3.8, 4) is 5.69 Å². The van der Waals surface area contributed by atoms with Crippen molar-refractivity contribution in [2.45, 2.75) is 59.3 Å². The number of hydrogen-bond donors (Lipinski definition) is 0. The molecule has 0 radical (unpaired) electrons. The van der Waals surface area contributed by atoms with Gasteiger partial charge in [0.25, 0.3) is 5.91 Å². The van der Waals surface area contributed by atoms with Gasteiger partial charge in [0.05, 0.1) is 11.3 Å². The predicted molar refractivity (Wildman–Crippen MR) is 124 cm³/mol. The molecule has 2 aromatic rings. The van der Waals surface area contributed by atoms with Crippen molar-refractivity contribution in [2.24, 2.45) is 5.92 Å². The third-order valence-corrected chi connectivity index (χ3v) is 6.94. The highest BCUT2D eigenvalue weighted by molar-refractivity contribution is 5.98. The van der Waals surface area contributed by atoms with Crippen LogP contribution in [0.1, 0.15) is 65.8 Å². The lowest BCUT2D eigenvalue weighted by Gasteiger charge is -2.34. The number of carbonyl (C=O) groups is 2. The van der Waals surface area contributed by atoms with Gasteiger partial charge in [-0.25, -0.2) is 0 Å². The summed E-state index contributed by atoms with van der Waals surface area (Å²) in [6.45, 7) is 9.28. The molecule has 2 saturated heterocycles. The number of aromatic nitrogens is 1. The molecule has 2 amide bonds. The van der Waals surface area contributed by atoms with Crippen LogP contribution in [0.4, 0.5) is 0 Å². The number of carbonyl (C=O) groups excluding carboxylic acids is 2. The molecule has 2 fully saturated rings. The summed E-state index contributed by atoms with van der Waals surface area (Å²) in [6.07, 6.45) is 6.24. The highest BCUT2D eigenvalue weighted by Gasteiger charge is 2.31. The van der Waals surface area contributed by atoms with Gasteiger partial charge in [0.2, 0.25) is 5.91 Å². The standard InChI is InChI=1S/C26H35N3O2/c1-19-8-11-24(29-20(2)9-10-21(29)3)23(18-19)26(31)28-16-12-22(13-17-28)25(30)27-14-6-4-5-7-15-27/h8-11,18,22H,4-7,12-17H2,1-3H3. The molecule has 166 valence electrons. The normalized spacial score (nSPS) is 18.2. The Labute approximate surface area is 186 Å². The summed E-state index contributed by atoms with van der Waals surface area (Å²) < 4.78 is 2.16. The SMILES string of the molecule is Cc1ccc(-n2c(C)ccc2C)c(C(=O)N2CCC(C(=O)N3CCCCCC3)CC2)c1. The zero-order chi connectivity index (χ0) is 22.0. The summed E-state index contributed by atoms with van der Waals surface area (Å²) in [6, 6.07) is 10.3. The van der Waals surface area contributed by atoms with E-state index in [0.29, 0.717) is 19.0 Å². The first-order valence-corrected chi connectivity index (χ1v) is 11.8. The van der Waals surface area contributed by atoms with Gasteiger partial charge < -0.3 is 14.4 Å². The molecule has 5 heteroatoms. The summed E-state index contributed by atoms with van der Waals surface area (Å²) in [5.41, 5.74) is 5.02. The van der Waals surface area contributed by atoms with Gasteiger partial charge in [-0.15, -0.1) is 0 Å². The maximum Gasteiger partial charge on any atom is 0.255 e. The lowest BCUT2D eigenvalue weighted by Crippen LogP contribution is -2.44. The molecule has 0 atom stereocenters. The fraction of sp³-hybridized carbons (Fsp3) is 0.538. The van der Waals surface area contributed by atoms with Crippen LogP contribution in [0.15, 0.2) is 30.3 Å². The number of benzene rings is 1. The molecule has 4 rings (SSSR count). The van der Waals surface area contributed by atoms with E-state index in [0.717, 1.165) is 67.0 Å². The molecule has 0 N–H and O–H groups in total. The van der Waals surface area contributed by atoms with Crippen molar-refractivity contribution in [3.63, 3.8) is 0 Å². The smallest absolute Gasteiger partial charge is 0.255 e. The van der Waals surface area contributed by atoms with Crippen LogP contribution in [-0.4, -0.2) is 52.4 Å². The lowest BCUT2D eigenvalue weighted by atomic mass is 9.94. The molecule has 0 unspecified atom stereocenters. The van der Waals surface area contributed by atoms with Crippen molar-refractivity contribution >= 4 is 11.8 Å². The second-order valence-corrected chi connectivity index (χ2v) is 9.28. The van der Waals surface area contributed by atoms with Crippen LogP contribution in [0, 0.1) is 26.7 Å². The van der Waals surface area contributed by atoms with Gasteiger partial charge in [0.15, 0.2) is 0 Å². The van der Waals surface area contributed by atoms with E-state index in [4.69, 9.17) is 0 Å². The highest BCUT2D eigenvalue weighted by Crippen LogP contribution is 2.26.